The Morgan fingerprint density at radius 3 is 2.47 bits per heavy atom. The summed E-state index contributed by atoms with van der Waals surface area (Å²) in [7, 11) is -1.82. The molecule has 2 aromatic carbocycles. The summed E-state index contributed by atoms with van der Waals surface area (Å²) in [6.45, 7) is 2.23. The van der Waals surface area contributed by atoms with E-state index in [-0.39, 0.29) is 25.4 Å². The maximum Gasteiger partial charge on any atom is 0.246 e. The molecule has 0 saturated heterocycles. The summed E-state index contributed by atoms with van der Waals surface area (Å²) in [4.78, 5) is 18.4. The van der Waals surface area contributed by atoms with Crippen LogP contribution in [0.5, 0.6) is 0 Å². The van der Waals surface area contributed by atoms with Crippen molar-refractivity contribution >= 4 is 33.2 Å². The lowest BCUT2D eigenvalue weighted by Gasteiger charge is -2.24. The third-order valence-electron chi connectivity index (χ3n) is 4.91. The van der Waals surface area contributed by atoms with E-state index in [2.05, 4.69) is 10.1 Å². The van der Waals surface area contributed by atoms with Gasteiger partial charge in [-0.15, -0.1) is 0 Å². The fourth-order valence-electron chi connectivity index (χ4n) is 3.20. The van der Waals surface area contributed by atoms with Crippen molar-refractivity contribution in [2.24, 2.45) is 0 Å². The zero-order valence-electron chi connectivity index (χ0n) is 18.2. The highest BCUT2D eigenvalue weighted by Gasteiger charge is 2.20. The van der Waals surface area contributed by atoms with Gasteiger partial charge >= 0.3 is 0 Å². The van der Waals surface area contributed by atoms with Crippen LogP contribution in [0.15, 0.2) is 53.1 Å². The Bertz CT molecular complexity index is 1180. The van der Waals surface area contributed by atoms with Crippen molar-refractivity contribution in [3.05, 3.63) is 65.0 Å². The van der Waals surface area contributed by atoms with Crippen molar-refractivity contribution in [1.29, 1.82) is 0 Å². The van der Waals surface area contributed by atoms with Crippen LogP contribution in [0, 0.1) is 6.92 Å². The van der Waals surface area contributed by atoms with E-state index >= 15 is 0 Å². The number of aryl methyl sites for hydroxylation is 1. The van der Waals surface area contributed by atoms with Gasteiger partial charge in [-0.2, -0.15) is 4.98 Å². The number of amides is 1. The molecule has 0 bridgehead atoms. The summed E-state index contributed by atoms with van der Waals surface area (Å²) in [5.74, 6) is 0.581. The first-order valence-electron chi connectivity index (χ1n) is 10.0. The number of halogens is 1. The first-order chi connectivity index (χ1) is 15.1. The lowest BCUT2D eigenvalue weighted by Crippen LogP contribution is -2.33. The largest absolute Gasteiger partial charge is 0.337 e. The maximum absolute atomic E-state index is 12.5. The van der Waals surface area contributed by atoms with Gasteiger partial charge in [-0.3, -0.25) is 9.10 Å². The van der Waals surface area contributed by atoms with Gasteiger partial charge in [-0.25, -0.2) is 8.42 Å². The Kier molecular flexibility index (Phi) is 7.52. The molecule has 0 aliphatic rings. The van der Waals surface area contributed by atoms with Gasteiger partial charge in [0.25, 0.3) is 0 Å². The minimum atomic E-state index is -3.47. The number of para-hydroxylation sites is 1. The van der Waals surface area contributed by atoms with Crippen molar-refractivity contribution in [2.45, 2.75) is 26.3 Å². The van der Waals surface area contributed by atoms with Crippen molar-refractivity contribution in [3.8, 4) is 11.4 Å². The molecule has 1 heterocycles. The van der Waals surface area contributed by atoms with E-state index in [0.717, 1.165) is 11.1 Å². The van der Waals surface area contributed by atoms with Crippen molar-refractivity contribution in [2.75, 3.05) is 24.2 Å². The molecule has 1 aromatic heterocycles. The number of hydrogen-bond donors (Lipinski definition) is 0. The molecule has 3 rings (SSSR count). The SMILES string of the molecule is Cc1ccccc1N(CCCC(=O)N(C)Cc1nc(-c2ccc(Cl)cc2)no1)S(C)(=O)=O. The molecule has 0 aliphatic carbocycles. The quantitative estimate of drug-likeness (QED) is 0.464. The summed E-state index contributed by atoms with van der Waals surface area (Å²) < 4.78 is 31.1. The molecule has 8 nitrogen and oxygen atoms in total. The molecule has 0 spiro atoms. The molecule has 10 heteroatoms. The van der Waals surface area contributed by atoms with Crippen LogP contribution in [-0.2, 0) is 21.4 Å². The summed E-state index contributed by atoms with van der Waals surface area (Å²) in [5, 5.41) is 4.55. The molecule has 0 aliphatic heterocycles. The first kappa shape index (κ1) is 23.7. The highest BCUT2D eigenvalue weighted by Crippen LogP contribution is 2.23. The van der Waals surface area contributed by atoms with Gasteiger partial charge in [-0.1, -0.05) is 35.0 Å². The highest BCUT2D eigenvalue weighted by atomic mass is 35.5. The van der Waals surface area contributed by atoms with Gasteiger partial charge in [0.15, 0.2) is 0 Å². The Labute approximate surface area is 192 Å². The normalized spacial score (nSPS) is 11.4. The number of hydrogen-bond acceptors (Lipinski definition) is 6. The lowest BCUT2D eigenvalue weighted by atomic mass is 10.2. The second kappa shape index (κ2) is 10.1. The molecule has 3 aromatic rings. The molecule has 0 radical (unpaired) electrons. The minimum Gasteiger partial charge on any atom is -0.337 e. The molecule has 0 N–H and O–H groups in total. The zero-order chi connectivity index (χ0) is 23.3. The van der Waals surface area contributed by atoms with Gasteiger partial charge in [0, 0.05) is 30.6 Å². The molecular weight excluding hydrogens is 452 g/mol. The summed E-state index contributed by atoms with van der Waals surface area (Å²) in [6.07, 6.45) is 1.73. The molecule has 0 fully saturated rings. The number of nitrogens with zero attached hydrogens (tertiary/aromatic N) is 4. The number of carbonyl (C=O) groups is 1. The number of sulfonamides is 1. The molecular formula is C22H25ClN4O4S. The number of anilines is 1. The van der Waals surface area contributed by atoms with Crippen LogP contribution in [0.25, 0.3) is 11.4 Å². The molecule has 0 unspecified atom stereocenters. The summed E-state index contributed by atoms with van der Waals surface area (Å²) in [6, 6.07) is 14.3. The Hall–Kier alpha value is -2.91. The van der Waals surface area contributed by atoms with E-state index in [9.17, 15) is 13.2 Å². The first-order valence-corrected chi connectivity index (χ1v) is 12.2. The molecule has 0 saturated carbocycles. The fourth-order valence-corrected chi connectivity index (χ4v) is 4.35. The summed E-state index contributed by atoms with van der Waals surface area (Å²) >= 11 is 5.89. The Morgan fingerprint density at radius 1 is 1.12 bits per heavy atom. The van der Waals surface area contributed by atoms with Crippen LogP contribution < -0.4 is 4.31 Å². The van der Waals surface area contributed by atoms with Crippen LogP contribution in [0.2, 0.25) is 5.02 Å². The Morgan fingerprint density at radius 2 is 1.81 bits per heavy atom. The van der Waals surface area contributed by atoms with E-state index in [0.29, 0.717) is 28.8 Å². The van der Waals surface area contributed by atoms with Gasteiger partial charge in [0.1, 0.15) is 0 Å². The average molecular weight is 477 g/mol. The zero-order valence-corrected chi connectivity index (χ0v) is 19.7. The average Bonchev–Trinajstić information content (AvgIpc) is 3.20. The molecule has 32 heavy (non-hydrogen) atoms. The van der Waals surface area contributed by atoms with Crippen LogP contribution in [0.4, 0.5) is 5.69 Å². The second-order valence-corrected chi connectivity index (χ2v) is 9.84. The standard InChI is InChI=1S/C22H25ClN4O4S/c1-16-7-4-5-8-19(16)27(32(3,29)30)14-6-9-21(28)26(2)15-20-24-22(25-31-20)17-10-12-18(23)13-11-17/h4-5,7-8,10-13H,6,9,14-15H2,1-3H3. The van der Waals surface area contributed by atoms with E-state index in [1.807, 2.05) is 19.1 Å². The van der Waals surface area contributed by atoms with Gasteiger partial charge in [-0.05, 0) is 49.2 Å². The lowest BCUT2D eigenvalue weighted by molar-refractivity contribution is -0.130. The number of carbonyl (C=O) groups excluding carboxylic acids is 1. The maximum atomic E-state index is 12.5. The van der Waals surface area contributed by atoms with E-state index in [1.165, 1.54) is 15.5 Å². The number of benzene rings is 2. The van der Waals surface area contributed by atoms with Crippen LogP contribution in [-0.4, -0.2) is 49.2 Å². The van der Waals surface area contributed by atoms with Crippen LogP contribution >= 0.6 is 11.6 Å². The molecule has 1 amide bonds. The van der Waals surface area contributed by atoms with E-state index in [1.54, 1.807) is 43.4 Å². The topological polar surface area (TPSA) is 96.6 Å². The summed E-state index contributed by atoms with van der Waals surface area (Å²) in [5.41, 5.74) is 2.24. The van der Waals surface area contributed by atoms with Gasteiger partial charge in [0.05, 0.1) is 18.5 Å². The smallest absolute Gasteiger partial charge is 0.246 e. The predicted octanol–water partition coefficient (Wildman–Crippen LogP) is 3.90. The fraction of sp³-hybridized carbons (Fsp3) is 0.318. The van der Waals surface area contributed by atoms with Crippen LogP contribution in [0.1, 0.15) is 24.3 Å². The monoisotopic (exact) mass is 476 g/mol. The predicted molar refractivity (Wildman–Crippen MR) is 124 cm³/mol. The Balaban J connectivity index is 1.56. The third-order valence-corrected chi connectivity index (χ3v) is 6.34. The number of rotatable bonds is 9. The van der Waals surface area contributed by atoms with E-state index in [4.69, 9.17) is 16.1 Å². The van der Waals surface area contributed by atoms with E-state index < -0.39 is 10.0 Å². The third kappa shape index (κ3) is 6.08. The van der Waals surface area contributed by atoms with Crippen molar-refractivity contribution in [3.63, 3.8) is 0 Å². The number of aromatic nitrogens is 2. The molecule has 170 valence electrons. The minimum absolute atomic E-state index is 0.144. The van der Waals surface area contributed by atoms with Crippen molar-refractivity contribution in [1.82, 2.24) is 15.0 Å². The van der Waals surface area contributed by atoms with Gasteiger partial charge < -0.3 is 9.42 Å². The second-order valence-electron chi connectivity index (χ2n) is 7.49. The molecule has 0 atom stereocenters. The van der Waals surface area contributed by atoms with Crippen LogP contribution in [0.3, 0.4) is 0 Å². The van der Waals surface area contributed by atoms with Crippen molar-refractivity contribution < 1.29 is 17.7 Å². The highest BCUT2D eigenvalue weighted by molar-refractivity contribution is 7.92. The van der Waals surface area contributed by atoms with Gasteiger partial charge in [0.2, 0.25) is 27.6 Å².